The van der Waals surface area contributed by atoms with E-state index in [9.17, 15) is 9.90 Å². The average molecular weight is 390 g/mol. The molecule has 5 nitrogen and oxygen atoms in total. The van der Waals surface area contributed by atoms with Gasteiger partial charge in [-0.1, -0.05) is 12.1 Å². The van der Waals surface area contributed by atoms with Crippen molar-refractivity contribution in [1.29, 1.82) is 0 Å². The Kier molecular flexibility index (Phi) is 6.37. The molecule has 0 spiro atoms. The van der Waals surface area contributed by atoms with Gasteiger partial charge in [-0.05, 0) is 54.0 Å². The normalized spacial score (nSPS) is 10.8. The number of benzene rings is 2. The van der Waals surface area contributed by atoms with Crippen molar-refractivity contribution >= 4 is 33.7 Å². The van der Waals surface area contributed by atoms with Crippen LogP contribution in [0.25, 0.3) is 0 Å². The molecule has 6 heteroatoms. The highest BCUT2D eigenvalue weighted by atomic mass is 79.9. The van der Waals surface area contributed by atoms with Gasteiger partial charge in [-0.15, -0.1) is 0 Å². The highest BCUT2D eigenvalue weighted by Gasteiger charge is 2.08. The Hall–Kier alpha value is -2.34. The average Bonchev–Trinajstić information content (AvgIpc) is 2.58. The molecular weight excluding hydrogens is 370 g/mol. The zero-order valence-corrected chi connectivity index (χ0v) is 15.2. The lowest BCUT2D eigenvalue weighted by atomic mass is 10.2. The number of anilines is 1. The first-order chi connectivity index (χ1) is 11.6. The first-order valence-electron chi connectivity index (χ1n) is 7.72. The second-order valence-electron chi connectivity index (χ2n) is 5.09. The van der Waals surface area contributed by atoms with Gasteiger partial charge in [0, 0.05) is 34.9 Å². The quantitative estimate of drug-likeness (QED) is 0.583. The Bertz CT molecular complexity index is 743. The van der Waals surface area contributed by atoms with Gasteiger partial charge in [0.1, 0.15) is 5.75 Å². The zero-order chi connectivity index (χ0) is 17.5. The SMILES string of the molecule is CCN(CC)c1ccc(/C=N/NC(=O)c2ccccc2Br)c(O)c1. The third-order valence-corrected chi connectivity index (χ3v) is 4.32. The molecular formula is C18H20BrN3O2. The van der Waals surface area contributed by atoms with Gasteiger partial charge < -0.3 is 10.0 Å². The van der Waals surface area contributed by atoms with Crippen LogP contribution in [0.3, 0.4) is 0 Å². The van der Waals surface area contributed by atoms with Crippen molar-refractivity contribution in [1.82, 2.24) is 5.43 Å². The second kappa shape index (κ2) is 8.49. The number of hydrogen-bond donors (Lipinski definition) is 2. The van der Waals surface area contributed by atoms with Crippen LogP contribution in [0.15, 0.2) is 52.0 Å². The molecule has 0 aromatic heterocycles. The van der Waals surface area contributed by atoms with Gasteiger partial charge in [0.25, 0.3) is 5.91 Å². The Morgan fingerprint density at radius 1 is 1.25 bits per heavy atom. The summed E-state index contributed by atoms with van der Waals surface area (Å²) >= 11 is 3.32. The minimum Gasteiger partial charge on any atom is -0.507 e. The number of hydrogen-bond acceptors (Lipinski definition) is 4. The number of carbonyl (C=O) groups excluding carboxylic acids is 1. The van der Waals surface area contributed by atoms with E-state index in [-0.39, 0.29) is 11.7 Å². The topological polar surface area (TPSA) is 64.9 Å². The van der Waals surface area contributed by atoms with Crippen LogP contribution in [0, 0.1) is 0 Å². The fraction of sp³-hybridized carbons (Fsp3) is 0.222. The molecule has 2 aromatic carbocycles. The van der Waals surface area contributed by atoms with Crippen molar-refractivity contribution in [3.05, 3.63) is 58.1 Å². The van der Waals surface area contributed by atoms with E-state index in [2.05, 4.69) is 45.2 Å². The van der Waals surface area contributed by atoms with Crippen LogP contribution in [0.1, 0.15) is 29.8 Å². The molecule has 0 atom stereocenters. The number of phenols is 1. The fourth-order valence-electron chi connectivity index (χ4n) is 2.29. The highest BCUT2D eigenvalue weighted by molar-refractivity contribution is 9.10. The number of hydrazone groups is 1. The van der Waals surface area contributed by atoms with E-state index < -0.39 is 0 Å². The van der Waals surface area contributed by atoms with Gasteiger partial charge >= 0.3 is 0 Å². The van der Waals surface area contributed by atoms with Crippen LogP contribution in [0.4, 0.5) is 5.69 Å². The van der Waals surface area contributed by atoms with Gasteiger partial charge in [-0.25, -0.2) is 5.43 Å². The first-order valence-corrected chi connectivity index (χ1v) is 8.52. The monoisotopic (exact) mass is 389 g/mol. The molecule has 1 amide bonds. The Morgan fingerprint density at radius 2 is 1.96 bits per heavy atom. The summed E-state index contributed by atoms with van der Waals surface area (Å²) in [7, 11) is 0. The van der Waals surface area contributed by atoms with Crippen LogP contribution < -0.4 is 10.3 Å². The van der Waals surface area contributed by atoms with Gasteiger partial charge in [-0.2, -0.15) is 5.10 Å². The van der Waals surface area contributed by atoms with E-state index in [0.717, 1.165) is 18.8 Å². The minimum absolute atomic E-state index is 0.123. The Balaban J connectivity index is 2.07. The fourth-order valence-corrected chi connectivity index (χ4v) is 2.76. The lowest BCUT2D eigenvalue weighted by Gasteiger charge is -2.21. The van der Waals surface area contributed by atoms with Crippen LogP contribution >= 0.6 is 15.9 Å². The van der Waals surface area contributed by atoms with Crippen LogP contribution in [-0.4, -0.2) is 30.3 Å². The number of aromatic hydroxyl groups is 1. The smallest absolute Gasteiger partial charge is 0.272 e. The Labute approximate surface area is 150 Å². The summed E-state index contributed by atoms with van der Waals surface area (Å²) in [5.74, 6) is -0.198. The molecule has 0 aliphatic carbocycles. The van der Waals surface area contributed by atoms with Crippen molar-refractivity contribution in [3.8, 4) is 5.75 Å². The largest absolute Gasteiger partial charge is 0.507 e. The molecule has 0 unspecified atom stereocenters. The van der Waals surface area contributed by atoms with Crippen molar-refractivity contribution in [2.45, 2.75) is 13.8 Å². The van der Waals surface area contributed by atoms with Crippen LogP contribution in [0.2, 0.25) is 0 Å². The molecule has 126 valence electrons. The predicted molar refractivity (Wildman–Crippen MR) is 101 cm³/mol. The van der Waals surface area contributed by atoms with Crippen molar-refractivity contribution < 1.29 is 9.90 Å². The summed E-state index contributed by atoms with van der Waals surface area (Å²) in [6.45, 7) is 5.86. The lowest BCUT2D eigenvalue weighted by Crippen LogP contribution is -2.21. The first kappa shape index (κ1) is 18.0. The molecule has 2 rings (SSSR count). The maximum atomic E-state index is 12.0. The molecule has 24 heavy (non-hydrogen) atoms. The van der Waals surface area contributed by atoms with E-state index in [1.165, 1.54) is 6.21 Å². The van der Waals surface area contributed by atoms with E-state index >= 15 is 0 Å². The molecule has 0 fully saturated rings. The van der Waals surface area contributed by atoms with Gasteiger partial charge in [0.05, 0.1) is 11.8 Å². The molecule has 0 heterocycles. The van der Waals surface area contributed by atoms with E-state index in [4.69, 9.17) is 0 Å². The molecule has 2 N–H and O–H groups in total. The summed E-state index contributed by atoms with van der Waals surface area (Å²) in [6, 6.07) is 12.5. The van der Waals surface area contributed by atoms with Gasteiger partial charge in [-0.3, -0.25) is 4.79 Å². The molecule has 0 radical (unpaired) electrons. The summed E-state index contributed by atoms with van der Waals surface area (Å²) in [5.41, 5.74) is 4.44. The molecule has 0 saturated heterocycles. The minimum atomic E-state index is -0.321. The predicted octanol–water partition coefficient (Wildman–Crippen LogP) is 3.76. The highest BCUT2D eigenvalue weighted by Crippen LogP contribution is 2.23. The lowest BCUT2D eigenvalue weighted by molar-refractivity contribution is 0.0954. The molecule has 0 bridgehead atoms. The zero-order valence-electron chi connectivity index (χ0n) is 13.7. The van der Waals surface area contributed by atoms with Crippen molar-refractivity contribution in [2.24, 2.45) is 5.10 Å². The summed E-state index contributed by atoms with van der Waals surface area (Å²) in [5, 5.41) is 14.0. The number of rotatable bonds is 6. The maximum Gasteiger partial charge on any atom is 0.272 e. The van der Waals surface area contributed by atoms with Gasteiger partial charge in [0.2, 0.25) is 0 Å². The van der Waals surface area contributed by atoms with Crippen molar-refractivity contribution in [2.75, 3.05) is 18.0 Å². The Morgan fingerprint density at radius 3 is 2.58 bits per heavy atom. The summed E-state index contributed by atoms with van der Waals surface area (Å²) in [6.07, 6.45) is 1.43. The molecule has 0 aliphatic heterocycles. The van der Waals surface area contributed by atoms with Gasteiger partial charge in [0.15, 0.2) is 0 Å². The number of phenolic OH excluding ortho intramolecular Hbond substituents is 1. The number of nitrogens with one attached hydrogen (secondary N) is 1. The van der Waals surface area contributed by atoms with E-state index in [1.54, 1.807) is 30.3 Å². The van der Waals surface area contributed by atoms with E-state index in [0.29, 0.717) is 15.6 Å². The summed E-state index contributed by atoms with van der Waals surface area (Å²) < 4.78 is 0.698. The number of halogens is 1. The standard InChI is InChI=1S/C18H20BrN3O2/c1-3-22(4-2)14-10-9-13(17(23)11-14)12-20-21-18(24)15-7-5-6-8-16(15)19/h5-12,23H,3-4H2,1-2H3,(H,21,24)/b20-12+. The summed E-state index contributed by atoms with van der Waals surface area (Å²) in [4.78, 5) is 14.2. The maximum absolute atomic E-state index is 12.0. The number of amides is 1. The van der Waals surface area contributed by atoms with E-state index in [1.807, 2.05) is 12.1 Å². The second-order valence-corrected chi connectivity index (χ2v) is 5.95. The molecule has 0 saturated carbocycles. The van der Waals surface area contributed by atoms with Crippen LogP contribution in [-0.2, 0) is 0 Å². The number of nitrogens with zero attached hydrogens (tertiary/aromatic N) is 2. The number of carbonyl (C=O) groups is 1. The molecule has 0 aliphatic rings. The molecule has 2 aromatic rings. The van der Waals surface area contributed by atoms with Crippen molar-refractivity contribution in [3.63, 3.8) is 0 Å². The van der Waals surface area contributed by atoms with Crippen LogP contribution in [0.5, 0.6) is 5.75 Å². The third kappa shape index (κ3) is 4.35. The third-order valence-electron chi connectivity index (χ3n) is 3.63.